The van der Waals surface area contributed by atoms with E-state index in [1.807, 2.05) is 0 Å². The summed E-state index contributed by atoms with van der Waals surface area (Å²) in [4.78, 5) is 21.6. The third-order valence-corrected chi connectivity index (χ3v) is 2.34. The Morgan fingerprint density at radius 1 is 1.10 bits per heavy atom. The van der Waals surface area contributed by atoms with Gasteiger partial charge in [-0.25, -0.2) is 0 Å². The van der Waals surface area contributed by atoms with Gasteiger partial charge in [-0.3, -0.25) is 9.59 Å². The van der Waals surface area contributed by atoms with Crippen LogP contribution in [0.3, 0.4) is 0 Å². The predicted octanol–water partition coefficient (Wildman–Crippen LogP) is 0.729. The lowest BCUT2D eigenvalue weighted by atomic mass is 10.1. The van der Waals surface area contributed by atoms with Crippen molar-refractivity contribution in [2.75, 3.05) is 13.1 Å². The minimum Gasteiger partial charge on any atom is -0.508 e. The largest absolute Gasteiger partial charge is 0.508 e. The Balaban J connectivity index is 2.24. The minimum atomic E-state index is -4.99. The quantitative estimate of drug-likeness (QED) is 0.748. The Bertz CT molecular complexity index is 472. The highest BCUT2D eigenvalue weighted by atomic mass is 19.4. The van der Waals surface area contributed by atoms with E-state index in [2.05, 4.69) is 5.32 Å². The van der Waals surface area contributed by atoms with Crippen LogP contribution >= 0.6 is 0 Å². The second-order valence-electron chi connectivity index (χ2n) is 3.95. The lowest BCUT2D eigenvalue weighted by molar-refractivity contribution is -0.173. The summed E-state index contributed by atoms with van der Waals surface area (Å²) >= 11 is 0. The Morgan fingerprint density at radius 3 is 2.25 bits per heavy atom. The summed E-state index contributed by atoms with van der Waals surface area (Å²) in [5, 5.41) is 12.9. The molecule has 0 heterocycles. The van der Waals surface area contributed by atoms with Crippen molar-refractivity contribution in [2.24, 2.45) is 0 Å². The number of carbonyl (C=O) groups excluding carboxylic acids is 2. The Hall–Kier alpha value is -2.25. The molecule has 20 heavy (non-hydrogen) atoms. The SMILES string of the molecule is O=C(CNC(=O)C(F)(F)F)NCCc1ccc(O)cc1. The molecule has 2 amide bonds. The second-order valence-corrected chi connectivity index (χ2v) is 3.95. The average Bonchev–Trinajstić information content (AvgIpc) is 2.37. The molecule has 1 aromatic carbocycles. The molecule has 110 valence electrons. The van der Waals surface area contributed by atoms with Crippen LogP contribution in [0, 0.1) is 0 Å². The van der Waals surface area contributed by atoms with E-state index in [0.717, 1.165) is 5.56 Å². The van der Waals surface area contributed by atoms with Crippen molar-refractivity contribution in [3.8, 4) is 5.75 Å². The number of aromatic hydroxyl groups is 1. The number of carbonyl (C=O) groups is 2. The lowest BCUT2D eigenvalue weighted by Crippen LogP contribution is -2.43. The van der Waals surface area contributed by atoms with Gasteiger partial charge in [0.05, 0.1) is 6.54 Å². The zero-order valence-electron chi connectivity index (χ0n) is 10.3. The summed E-state index contributed by atoms with van der Waals surface area (Å²) in [6, 6.07) is 6.29. The average molecular weight is 290 g/mol. The summed E-state index contributed by atoms with van der Waals surface area (Å²) in [6.07, 6.45) is -4.54. The van der Waals surface area contributed by atoms with E-state index < -0.39 is 24.5 Å². The number of benzene rings is 1. The van der Waals surface area contributed by atoms with Crippen molar-refractivity contribution >= 4 is 11.8 Å². The van der Waals surface area contributed by atoms with E-state index in [-0.39, 0.29) is 12.3 Å². The van der Waals surface area contributed by atoms with Crippen LogP contribution in [0.4, 0.5) is 13.2 Å². The topological polar surface area (TPSA) is 78.4 Å². The number of hydrogen-bond donors (Lipinski definition) is 3. The number of rotatable bonds is 5. The minimum absolute atomic E-state index is 0.118. The highest BCUT2D eigenvalue weighted by Gasteiger charge is 2.38. The van der Waals surface area contributed by atoms with Gasteiger partial charge in [0.25, 0.3) is 0 Å². The molecule has 0 radical (unpaired) electrons. The number of phenolic OH excluding ortho intramolecular Hbond substituents is 1. The van der Waals surface area contributed by atoms with Gasteiger partial charge in [-0.2, -0.15) is 13.2 Å². The van der Waals surface area contributed by atoms with Crippen LogP contribution in [-0.2, 0) is 16.0 Å². The van der Waals surface area contributed by atoms with E-state index in [4.69, 9.17) is 5.11 Å². The Labute approximate surface area is 112 Å². The monoisotopic (exact) mass is 290 g/mol. The van der Waals surface area contributed by atoms with Gasteiger partial charge in [0, 0.05) is 6.54 Å². The molecular weight excluding hydrogens is 277 g/mol. The van der Waals surface area contributed by atoms with Crippen molar-refractivity contribution in [1.82, 2.24) is 10.6 Å². The molecule has 0 spiro atoms. The lowest BCUT2D eigenvalue weighted by Gasteiger charge is -2.08. The number of halogens is 3. The predicted molar refractivity (Wildman–Crippen MR) is 63.9 cm³/mol. The number of nitrogens with one attached hydrogen (secondary N) is 2. The molecule has 0 aliphatic carbocycles. The van der Waals surface area contributed by atoms with Crippen LogP contribution < -0.4 is 10.6 Å². The van der Waals surface area contributed by atoms with Gasteiger partial charge in [0.2, 0.25) is 5.91 Å². The molecule has 0 fully saturated rings. The van der Waals surface area contributed by atoms with Gasteiger partial charge in [-0.1, -0.05) is 12.1 Å². The normalized spacial score (nSPS) is 10.9. The maximum atomic E-state index is 11.8. The molecule has 0 atom stereocenters. The van der Waals surface area contributed by atoms with Gasteiger partial charge >= 0.3 is 12.1 Å². The molecule has 0 bridgehead atoms. The van der Waals surface area contributed by atoms with Gasteiger partial charge in [-0.05, 0) is 24.1 Å². The summed E-state index contributed by atoms with van der Waals surface area (Å²) in [5.41, 5.74) is 0.849. The third kappa shape index (κ3) is 5.59. The summed E-state index contributed by atoms with van der Waals surface area (Å²) in [7, 11) is 0. The highest BCUT2D eigenvalue weighted by Crippen LogP contribution is 2.13. The highest BCUT2D eigenvalue weighted by molar-refractivity contribution is 5.87. The molecule has 5 nitrogen and oxygen atoms in total. The van der Waals surface area contributed by atoms with Gasteiger partial charge in [0.15, 0.2) is 0 Å². The van der Waals surface area contributed by atoms with Crippen molar-refractivity contribution < 1.29 is 27.9 Å². The van der Waals surface area contributed by atoms with E-state index in [0.29, 0.717) is 6.42 Å². The van der Waals surface area contributed by atoms with Gasteiger partial charge < -0.3 is 15.7 Å². The zero-order valence-corrected chi connectivity index (χ0v) is 10.3. The first-order chi connectivity index (χ1) is 9.29. The first kappa shape index (κ1) is 15.8. The van der Waals surface area contributed by atoms with E-state index in [1.54, 1.807) is 12.1 Å². The zero-order chi connectivity index (χ0) is 15.2. The Kier molecular flexibility index (Phi) is 5.36. The van der Waals surface area contributed by atoms with Crippen molar-refractivity contribution in [1.29, 1.82) is 0 Å². The van der Waals surface area contributed by atoms with E-state index in [1.165, 1.54) is 17.4 Å². The van der Waals surface area contributed by atoms with Crippen LogP contribution in [0.1, 0.15) is 5.56 Å². The first-order valence-corrected chi connectivity index (χ1v) is 5.68. The molecule has 0 aliphatic heterocycles. The fourth-order valence-corrected chi connectivity index (χ4v) is 1.33. The number of amides is 2. The summed E-state index contributed by atoms with van der Waals surface area (Å²) < 4.78 is 35.5. The first-order valence-electron chi connectivity index (χ1n) is 5.68. The fraction of sp³-hybridized carbons (Fsp3) is 0.333. The van der Waals surface area contributed by atoms with Crippen LogP contribution in [0.2, 0.25) is 0 Å². The number of hydrogen-bond acceptors (Lipinski definition) is 3. The molecule has 1 rings (SSSR count). The fourth-order valence-electron chi connectivity index (χ4n) is 1.33. The van der Waals surface area contributed by atoms with Crippen LogP contribution in [-0.4, -0.2) is 36.2 Å². The van der Waals surface area contributed by atoms with Crippen LogP contribution in [0.15, 0.2) is 24.3 Å². The van der Waals surface area contributed by atoms with Crippen LogP contribution in [0.25, 0.3) is 0 Å². The molecule has 3 N–H and O–H groups in total. The standard InChI is InChI=1S/C12H13F3N2O3/c13-12(14,15)11(20)17-7-10(19)16-6-5-8-1-3-9(18)4-2-8/h1-4,18H,5-7H2,(H,16,19)(H,17,20). The second kappa shape index (κ2) is 6.78. The summed E-state index contributed by atoms with van der Waals surface area (Å²) in [5.74, 6) is -2.74. The molecule has 0 aliphatic rings. The molecule has 0 saturated carbocycles. The maximum absolute atomic E-state index is 11.8. The molecule has 0 aromatic heterocycles. The van der Waals surface area contributed by atoms with Crippen molar-refractivity contribution in [3.63, 3.8) is 0 Å². The van der Waals surface area contributed by atoms with Gasteiger partial charge in [0.1, 0.15) is 5.75 Å². The molecular formula is C12H13F3N2O3. The maximum Gasteiger partial charge on any atom is 0.471 e. The number of phenols is 1. The molecule has 8 heteroatoms. The van der Waals surface area contributed by atoms with Crippen molar-refractivity contribution in [3.05, 3.63) is 29.8 Å². The van der Waals surface area contributed by atoms with E-state index in [9.17, 15) is 22.8 Å². The Morgan fingerprint density at radius 2 is 1.70 bits per heavy atom. The van der Waals surface area contributed by atoms with E-state index >= 15 is 0 Å². The van der Waals surface area contributed by atoms with Crippen molar-refractivity contribution in [2.45, 2.75) is 12.6 Å². The van der Waals surface area contributed by atoms with Crippen LogP contribution in [0.5, 0.6) is 5.75 Å². The molecule has 0 unspecified atom stereocenters. The molecule has 0 saturated heterocycles. The van der Waals surface area contributed by atoms with Gasteiger partial charge in [-0.15, -0.1) is 0 Å². The third-order valence-electron chi connectivity index (χ3n) is 2.34. The smallest absolute Gasteiger partial charge is 0.471 e. The number of alkyl halides is 3. The summed E-state index contributed by atoms with van der Waals surface area (Å²) in [6.45, 7) is -0.514. The molecule has 1 aromatic rings.